The molecule has 4 rings (SSSR count). The molecule has 33 heavy (non-hydrogen) atoms. The first-order valence-electron chi connectivity index (χ1n) is 10.5. The van der Waals surface area contributed by atoms with Gasteiger partial charge in [-0.2, -0.15) is 4.31 Å². The zero-order valence-corrected chi connectivity index (χ0v) is 19.8. The van der Waals surface area contributed by atoms with E-state index in [0.29, 0.717) is 42.7 Å². The van der Waals surface area contributed by atoms with Crippen LogP contribution in [0.4, 0.5) is 8.78 Å². The first-order chi connectivity index (χ1) is 15.4. The molecule has 0 radical (unpaired) electrons. The minimum atomic E-state index is -3.81. The highest BCUT2D eigenvalue weighted by molar-refractivity contribution is 7.88. The Morgan fingerprint density at radius 2 is 2.03 bits per heavy atom. The smallest absolute Gasteiger partial charge is 0.252 e. The molecule has 3 aromatic rings. The van der Waals surface area contributed by atoms with Crippen molar-refractivity contribution >= 4 is 42.1 Å². The molecule has 1 aliphatic rings. The van der Waals surface area contributed by atoms with Gasteiger partial charge >= 0.3 is 0 Å². The average molecular weight is 505 g/mol. The summed E-state index contributed by atoms with van der Waals surface area (Å²) in [7, 11) is -7.19. The lowest BCUT2D eigenvalue weighted by Gasteiger charge is -2.26. The van der Waals surface area contributed by atoms with Crippen LogP contribution in [0.15, 0.2) is 18.5 Å². The Kier molecular flexibility index (Phi) is 6.46. The number of H-pyrrole nitrogens is 1. The molecule has 0 aliphatic heterocycles. The minimum absolute atomic E-state index is 0.142. The van der Waals surface area contributed by atoms with E-state index in [0.717, 1.165) is 27.7 Å². The molecule has 0 bridgehead atoms. The molecule has 3 aromatic heterocycles. The molecule has 2 N–H and O–H groups in total. The number of imidazole rings is 1. The van der Waals surface area contributed by atoms with Crippen molar-refractivity contribution in [3.05, 3.63) is 24.3 Å². The zero-order chi connectivity index (χ0) is 24.0. The largest absolute Gasteiger partial charge is 0.346 e. The van der Waals surface area contributed by atoms with Gasteiger partial charge in [-0.25, -0.2) is 40.3 Å². The molecule has 1 aliphatic carbocycles. The third-order valence-corrected chi connectivity index (χ3v) is 7.94. The van der Waals surface area contributed by atoms with Crippen molar-refractivity contribution in [1.29, 1.82) is 0 Å². The average Bonchev–Trinajstić information content (AvgIpc) is 3.40. The second-order valence-electron chi connectivity index (χ2n) is 8.39. The Morgan fingerprint density at radius 1 is 1.27 bits per heavy atom. The van der Waals surface area contributed by atoms with E-state index in [4.69, 9.17) is 0 Å². The summed E-state index contributed by atoms with van der Waals surface area (Å²) in [4.78, 5) is 12.1. The van der Waals surface area contributed by atoms with Crippen molar-refractivity contribution in [3.63, 3.8) is 0 Å². The molecule has 0 saturated heterocycles. The van der Waals surface area contributed by atoms with Crippen molar-refractivity contribution in [2.45, 2.75) is 44.2 Å². The topological polar surface area (TPSA) is 130 Å². The van der Waals surface area contributed by atoms with Gasteiger partial charge < -0.3 is 9.55 Å². The van der Waals surface area contributed by atoms with Gasteiger partial charge in [0, 0.05) is 36.6 Å². The molecule has 2 atom stereocenters. The Balaban J connectivity index is 1.72. The van der Waals surface area contributed by atoms with Crippen molar-refractivity contribution < 1.29 is 25.6 Å². The number of rotatable bonds is 9. The van der Waals surface area contributed by atoms with E-state index in [1.807, 2.05) is 10.6 Å². The number of fused-ring (bicyclic) bond motifs is 3. The highest BCUT2D eigenvalue weighted by Gasteiger charge is 2.37. The van der Waals surface area contributed by atoms with Crippen LogP contribution in [0.1, 0.15) is 31.1 Å². The van der Waals surface area contributed by atoms with Gasteiger partial charge in [0.15, 0.2) is 0 Å². The van der Waals surface area contributed by atoms with Gasteiger partial charge in [-0.15, -0.1) is 0 Å². The van der Waals surface area contributed by atoms with Crippen LogP contribution in [-0.4, -0.2) is 78.7 Å². The highest BCUT2D eigenvalue weighted by atomic mass is 32.2. The van der Waals surface area contributed by atoms with Crippen molar-refractivity contribution in [1.82, 2.24) is 28.5 Å². The molecular weight excluding hydrogens is 478 g/mol. The number of hydrogen-bond acceptors (Lipinski definition) is 6. The fourth-order valence-electron chi connectivity index (χ4n) is 4.68. The molecule has 0 amide bonds. The highest BCUT2D eigenvalue weighted by Crippen LogP contribution is 2.38. The summed E-state index contributed by atoms with van der Waals surface area (Å²) in [6, 6.07) is 1.13. The fourth-order valence-corrected chi connectivity index (χ4v) is 6.27. The predicted octanol–water partition coefficient (Wildman–Crippen LogP) is 1.62. The van der Waals surface area contributed by atoms with Gasteiger partial charge in [0.25, 0.3) is 6.43 Å². The van der Waals surface area contributed by atoms with E-state index < -0.39 is 39.1 Å². The van der Waals surface area contributed by atoms with Crippen molar-refractivity contribution in [3.8, 4) is 0 Å². The Labute approximate surface area is 190 Å². The Morgan fingerprint density at radius 3 is 2.70 bits per heavy atom. The quantitative estimate of drug-likeness (QED) is 0.456. The summed E-state index contributed by atoms with van der Waals surface area (Å²) < 4.78 is 78.9. The van der Waals surface area contributed by atoms with E-state index >= 15 is 0 Å². The molecule has 182 valence electrons. The SMILES string of the molecule is CS(=O)(=O)NCCc1nc2cnc3[nH]ccc3c2n1[C@H]1CC[C@@H](N(CC(F)F)S(C)(=O)=O)C1. The number of sulfonamides is 2. The molecule has 0 unspecified atom stereocenters. The van der Waals surface area contributed by atoms with Crippen LogP contribution in [-0.2, 0) is 26.5 Å². The van der Waals surface area contributed by atoms with Gasteiger partial charge in [-0.05, 0) is 25.3 Å². The molecule has 1 fully saturated rings. The number of nitrogens with zero attached hydrogens (tertiary/aromatic N) is 4. The first kappa shape index (κ1) is 24.0. The van der Waals surface area contributed by atoms with Crippen LogP contribution < -0.4 is 4.72 Å². The van der Waals surface area contributed by atoms with Crippen molar-refractivity contribution in [2.24, 2.45) is 0 Å². The van der Waals surface area contributed by atoms with Crippen LogP contribution >= 0.6 is 0 Å². The van der Waals surface area contributed by atoms with Gasteiger partial charge in [0.05, 0.1) is 30.8 Å². The summed E-state index contributed by atoms with van der Waals surface area (Å²) in [5.74, 6) is 0.627. The number of halogens is 2. The number of pyridine rings is 1. The lowest BCUT2D eigenvalue weighted by molar-refractivity contribution is 0.107. The summed E-state index contributed by atoms with van der Waals surface area (Å²) >= 11 is 0. The summed E-state index contributed by atoms with van der Waals surface area (Å²) in [6.45, 7) is -0.694. The van der Waals surface area contributed by atoms with Crippen LogP contribution in [0.5, 0.6) is 0 Å². The Bertz CT molecular complexity index is 1370. The molecular formula is C19H26F2N6O4S2. The van der Waals surface area contributed by atoms with E-state index in [-0.39, 0.29) is 12.6 Å². The molecule has 0 spiro atoms. The minimum Gasteiger partial charge on any atom is -0.346 e. The second kappa shape index (κ2) is 8.89. The van der Waals surface area contributed by atoms with Gasteiger partial charge in [0.1, 0.15) is 17.0 Å². The number of aromatic amines is 1. The number of hydrogen-bond donors (Lipinski definition) is 2. The van der Waals surface area contributed by atoms with Gasteiger partial charge in [-0.1, -0.05) is 0 Å². The fraction of sp³-hybridized carbons (Fsp3) is 0.579. The lowest BCUT2D eigenvalue weighted by atomic mass is 10.2. The maximum Gasteiger partial charge on any atom is 0.252 e. The third kappa shape index (κ3) is 5.18. The van der Waals surface area contributed by atoms with Gasteiger partial charge in [0.2, 0.25) is 20.0 Å². The zero-order valence-electron chi connectivity index (χ0n) is 18.2. The summed E-state index contributed by atoms with van der Waals surface area (Å²) in [6.07, 6.45) is 4.32. The van der Waals surface area contributed by atoms with Crippen LogP contribution in [0.3, 0.4) is 0 Å². The van der Waals surface area contributed by atoms with E-state index in [2.05, 4.69) is 19.7 Å². The lowest BCUT2D eigenvalue weighted by Crippen LogP contribution is -2.41. The maximum atomic E-state index is 13.1. The third-order valence-electron chi connectivity index (χ3n) is 5.91. The second-order valence-corrected chi connectivity index (χ2v) is 12.2. The maximum absolute atomic E-state index is 13.1. The molecule has 3 heterocycles. The van der Waals surface area contributed by atoms with Crippen molar-refractivity contribution in [2.75, 3.05) is 25.6 Å². The standard InChI is InChI=1S/C19H26F2N6O4S2/c1-32(28,29)24-8-6-17-25-15-10-23-19-14(5-7-22-19)18(15)27(17)13-4-3-12(9-13)26(11-16(20)21)33(2,30)31/h5,7,10,12-13,16,24H,3-4,6,8-9,11H2,1-2H3,(H,22,23)/t12-,13+/m1/s1. The molecule has 14 heteroatoms. The number of nitrogens with one attached hydrogen (secondary N) is 2. The normalized spacial score (nSPS) is 20.1. The van der Waals surface area contributed by atoms with Crippen LogP contribution in [0, 0.1) is 0 Å². The van der Waals surface area contributed by atoms with E-state index in [1.165, 1.54) is 0 Å². The van der Waals surface area contributed by atoms with Crippen LogP contribution in [0.2, 0.25) is 0 Å². The number of aromatic nitrogens is 4. The summed E-state index contributed by atoms with van der Waals surface area (Å²) in [5, 5.41) is 0.832. The summed E-state index contributed by atoms with van der Waals surface area (Å²) in [5.41, 5.74) is 2.10. The first-order valence-corrected chi connectivity index (χ1v) is 14.2. The number of alkyl halides is 2. The Hall–Kier alpha value is -2.16. The molecule has 1 saturated carbocycles. The molecule has 0 aromatic carbocycles. The van der Waals surface area contributed by atoms with E-state index in [1.54, 1.807) is 12.4 Å². The van der Waals surface area contributed by atoms with E-state index in [9.17, 15) is 25.6 Å². The van der Waals surface area contributed by atoms with Gasteiger partial charge in [-0.3, -0.25) is 0 Å². The molecule has 10 nitrogen and oxygen atoms in total. The van der Waals surface area contributed by atoms with Crippen LogP contribution in [0.25, 0.3) is 22.1 Å². The predicted molar refractivity (Wildman–Crippen MR) is 120 cm³/mol. The monoisotopic (exact) mass is 504 g/mol.